The highest BCUT2D eigenvalue weighted by Crippen LogP contribution is 2.33. The second kappa shape index (κ2) is 3.87. The van der Waals surface area contributed by atoms with Gasteiger partial charge in [0.25, 0.3) is 0 Å². The number of rotatable bonds is 3. The molecule has 4 nitrogen and oxygen atoms in total. The summed E-state index contributed by atoms with van der Waals surface area (Å²) in [5, 5.41) is 4.05. The van der Waals surface area contributed by atoms with E-state index in [0.717, 1.165) is 31.9 Å². The van der Waals surface area contributed by atoms with Crippen molar-refractivity contribution in [2.24, 2.45) is 12.5 Å². The number of alkyl halides is 1. The number of aryl methyl sites for hydroxylation is 1. The summed E-state index contributed by atoms with van der Waals surface area (Å²) in [7, 11) is 1.90. The number of nitrogens with zero attached hydrogens (tertiary/aromatic N) is 3. The van der Waals surface area contributed by atoms with Gasteiger partial charge in [-0.1, -0.05) is 0 Å². The highest BCUT2D eigenvalue weighted by Gasteiger charge is 2.35. The zero-order valence-corrected chi connectivity index (χ0v) is 9.00. The third-order valence-corrected chi connectivity index (χ3v) is 3.37. The molecule has 0 spiro atoms. The Labute approximate surface area is 88.2 Å². The van der Waals surface area contributed by atoms with Crippen molar-refractivity contribution in [1.29, 1.82) is 0 Å². The number of hydrogen-bond donors (Lipinski definition) is 0. The predicted molar refractivity (Wildman–Crippen MR) is 53.3 cm³/mol. The Kier molecular flexibility index (Phi) is 2.74. The van der Waals surface area contributed by atoms with Crippen LogP contribution in [0.1, 0.15) is 12.2 Å². The van der Waals surface area contributed by atoms with Crippen LogP contribution >= 0.6 is 11.6 Å². The number of hydrogen-bond acceptors (Lipinski definition) is 3. The molecule has 0 aliphatic carbocycles. The van der Waals surface area contributed by atoms with Crippen molar-refractivity contribution < 1.29 is 4.74 Å². The van der Waals surface area contributed by atoms with E-state index in [1.54, 1.807) is 11.0 Å². The van der Waals surface area contributed by atoms with Crippen molar-refractivity contribution in [3.63, 3.8) is 0 Å². The molecule has 1 aliphatic rings. The molecule has 0 saturated carbocycles. The van der Waals surface area contributed by atoms with Crippen LogP contribution in [0.5, 0.6) is 0 Å². The summed E-state index contributed by atoms with van der Waals surface area (Å²) in [5.41, 5.74) is 0.0718. The Morgan fingerprint density at radius 3 is 3.07 bits per heavy atom. The lowest BCUT2D eigenvalue weighted by Gasteiger charge is -2.23. The van der Waals surface area contributed by atoms with E-state index in [0.29, 0.717) is 5.88 Å². The smallest absolute Gasteiger partial charge is 0.138 e. The van der Waals surface area contributed by atoms with Gasteiger partial charge in [-0.3, -0.25) is 4.68 Å². The summed E-state index contributed by atoms with van der Waals surface area (Å²) in [6, 6.07) is 0. The molecule has 1 saturated heterocycles. The van der Waals surface area contributed by atoms with Gasteiger partial charge in [0.1, 0.15) is 12.2 Å². The maximum absolute atomic E-state index is 6.00. The average Bonchev–Trinajstić information content (AvgIpc) is 2.79. The summed E-state index contributed by atoms with van der Waals surface area (Å²) >= 11 is 6.00. The predicted octanol–water partition coefficient (Wildman–Crippen LogP) is 1.00. The van der Waals surface area contributed by atoms with E-state index in [1.807, 2.05) is 7.05 Å². The number of halogens is 1. The molecule has 0 bridgehead atoms. The van der Waals surface area contributed by atoms with E-state index in [9.17, 15) is 0 Å². The van der Waals surface area contributed by atoms with Crippen molar-refractivity contribution in [3.8, 4) is 0 Å². The van der Waals surface area contributed by atoms with Crippen molar-refractivity contribution in [1.82, 2.24) is 14.8 Å². The highest BCUT2D eigenvalue weighted by molar-refractivity contribution is 6.18. The van der Waals surface area contributed by atoms with E-state index < -0.39 is 0 Å². The van der Waals surface area contributed by atoms with Gasteiger partial charge in [0.2, 0.25) is 0 Å². The summed E-state index contributed by atoms with van der Waals surface area (Å²) in [6.45, 7) is 1.55. The minimum Gasteiger partial charge on any atom is -0.381 e. The van der Waals surface area contributed by atoms with Crippen LogP contribution in [0.25, 0.3) is 0 Å². The largest absolute Gasteiger partial charge is 0.381 e. The van der Waals surface area contributed by atoms with Crippen LogP contribution in [0.4, 0.5) is 0 Å². The summed E-state index contributed by atoms with van der Waals surface area (Å²) in [6.07, 6.45) is 3.45. The normalized spacial score (nSPS) is 27.0. The molecule has 0 aromatic carbocycles. The molecule has 2 rings (SSSR count). The van der Waals surface area contributed by atoms with E-state index in [-0.39, 0.29) is 5.41 Å². The van der Waals surface area contributed by atoms with Gasteiger partial charge in [-0.05, 0) is 6.42 Å². The van der Waals surface area contributed by atoms with Gasteiger partial charge in [0, 0.05) is 31.4 Å². The lowest BCUT2D eigenvalue weighted by molar-refractivity contribution is 0.159. The molecule has 0 radical (unpaired) electrons. The maximum Gasteiger partial charge on any atom is 0.138 e. The molecule has 5 heteroatoms. The second-order valence-electron chi connectivity index (χ2n) is 3.91. The van der Waals surface area contributed by atoms with Gasteiger partial charge in [0.05, 0.1) is 6.61 Å². The Morgan fingerprint density at radius 1 is 1.71 bits per heavy atom. The van der Waals surface area contributed by atoms with Crippen LogP contribution in [0, 0.1) is 5.41 Å². The SMILES string of the molecule is Cn1ncnc1CC1(CCl)CCOC1. The maximum atomic E-state index is 6.00. The van der Waals surface area contributed by atoms with Gasteiger partial charge in [-0.25, -0.2) is 4.98 Å². The first-order valence-corrected chi connectivity index (χ1v) is 5.26. The number of aromatic nitrogens is 3. The topological polar surface area (TPSA) is 39.9 Å². The van der Waals surface area contributed by atoms with Crippen molar-refractivity contribution in [2.75, 3.05) is 19.1 Å². The lowest BCUT2D eigenvalue weighted by atomic mass is 9.85. The van der Waals surface area contributed by atoms with Gasteiger partial charge in [-0.2, -0.15) is 5.10 Å². The zero-order valence-electron chi connectivity index (χ0n) is 8.24. The molecule has 2 heterocycles. The molecule has 78 valence electrons. The van der Waals surface area contributed by atoms with E-state index in [1.165, 1.54) is 0 Å². The lowest BCUT2D eigenvalue weighted by Crippen LogP contribution is -2.27. The van der Waals surface area contributed by atoms with Crippen LogP contribution in [-0.4, -0.2) is 33.9 Å². The third-order valence-electron chi connectivity index (χ3n) is 2.81. The van der Waals surface area contributed by atoms with Crippen molar-refractivity contribution in [3.05, 3.63) is 12.2 Å². The molecule has 1 unspecified atom stereocenters. The first kappa shape index (κ1) is 9.93. The van der Waals surface area contributed by atoms with Crippen molar-refractivity contribution >= 4 is 11.6 Å². The van der Waals surface area contributed by atoms with Crippen molar-refractivity contribution in [2.45, 2.75) is 12.8 Å². The number of ether oxygens (including phenoxy) is 1. The van der Waals surface area contributed by atoms with Crippen LogP contribution < -0.4 is 0 Å². The quantitative estimate of drug-likeness (QED) is 0.707. The first-order valence-electron chi connectivity index (χ1n) is 4.72. The van der Waals surface area contributed by atoms with Gasteiger partial charge in [0.15, 0.2) is 0 Å². The van der Waals surface area contributed by atoms with Crippen LogP contribution in [-0.2, 0) is 18.2 Å². The molecule has 0 amide bonds. The first-order chi connectivity index (χ1) is 6.76. The molecule has 1 aromatic rings. The minimum atomic E-state index is 0.0718. The molecular formula is C9H14ClN3O. The highest BCUT2D eigenvalue weighted by atomic mass is 35.5. The van der Waals surface area contributed by atoms with Crippen LogP contribution in [0.15, 0.2) is 6.33 Å². The second-order valence-corrected chi connectivity index (χ2v) is 4.18. The van der Waals surface area contributed by atoms with Crippen LogP contribution in [0.3, 0.4) is 0 Å². The Morgan fingerprint density at radius 2 is 2.57 bits per heavy atom. The summed E-state index contributed by atoms with van der Waals surface area (Å²) in [5.74, 6) is 1.61. The molecule has 0 N–H and O–H groups in total. The van der Waals surface area contributed by atoms with Gasteiger partial charge >= 0.3 is 0 Å². The zero-order chi connectivity index (χ0) is 10.0. The van der Waals surface area contributed by atoms with Crippen LogP contribution in [0.2, 0.25) is 0 Å². The molecule has 1 aromatic heterocycles. The van der Waals surface area contributed by atoms with E-state index in [4.69, 9.17) is 16.3 Å². The summed E-state index contributed by atoms with van der Waals surface area (Å²) in [4.78, 5) is 4.21. The standard InChI is InChI=1S/C9H14ClN3O/c1-13-8(11-7-12-13)4-9(5-10)2-3-14-6-9/h7H,2-6H2,1H3. The molecule has 1 fully saturated rings. The Balaban J connectivity index is 2.12. The Hall–Kier alpha value is -0.610. The fourth-order valence-corrected chi connectivity index (χ4v) is 2.06. The monoisotopic (exact) mass is 215 g/mol. The third kappa shape index (κ3) is 1.77. The molecular weight excluding hydrogens is 202 g/mol. The Bertz CT molecular complexity index is 307. The van der Waals surface area contributed by atoms with E-state index >= 15 is 0 Å². The molecule has 14 heavy (non-hydrogen) atoms. The average molecular weight is 216 g/mol. The fourth-order valence-electron chi connectivity index (χ4n) is 1.76. The molecule has 1 atom stereocenters. The fraction of sp³-hybridized carbons (Fsp3) is 0.778. The van der Waals surface area contributed by atoms with Gasteiger partial charge < -0.3 is 4.74 Å². The molecule has 1 aliphatic heterocycles. The summed E-state index contributed by atoms with van der Waals surface area (Å²) < 4.78 is 7.20. The minimum absolute atomic E-state index is 0.0718. The van der Waals surface area contributed by atoms with E-state index in [2.05, 4.69) is 10.1 Å². The van der Waals surface area contributed by atoms with Gasteiger partial charge in [-0.15, -0.1) is 11.6 Å².